The SMILES string of the molecule is COCCCN(Cc1ccccn1)C1=C(Cl)C(=O)OC1O. The van der Waals surface area contributed by atoms with Crippen LogP contribution in [0.25, 0.3) is 0 Å². The largest absolute Gasteiger partial charge is 0.425 e. The monoisotopic (exact) mass is 312 g/mol. The van der Waals surface area contributed by atoms with Gasteiger partial charge in [-0.05, 0) is 18.6 Å². The molecule has 0 fully saturated rings. The number of methoxy groups -OCH3 is 1. The van der Waals surface area contributed by atoms with Gasteiger partial charge in [-0.15, -0.1) is 0 Å². The molecule has 0 saturated heterocycles. The van der Waals surface area contributed by atoms with Crippen LogP contribution in [0, 0.1) is 0 Å². The molecule has 2 rings (SSSR count). The fourth-order valence-electron chi connectivity index (χ4n) is 2.09. The Labute approximate surface area is 127 Å². The molecule has 1 atom stereocenters. The molecule has 0 aromatic carbocycles. The molecule has 21 heavy (non-hydrogen) atoms. The summed E-state index contributed by atoms with van der Waals surface area (Å²) in [7, 11) is 1.62. The van der Waals surface area contributed by atoms with Gasteiger partial charge in [0.2, 0.25) is 6.29 Å². The highest BCUT2D eigenvalue weighted by Crippen LogP contribution is 2.28. The average molecular weight is 313 g/mol. The van der Waals surface area contributed by atoms with Crippen LogP contribution in [0.15, 0.2) is 35.1 Å². The number of halogens is 1. The molecule has 114 valence electrons. The van der Waals surface area contributed by atoms with E-state index in [1.165, 1.54) is 0 Å². The van der Waals surface area contributed by atoms with Crippen LogP contribution >= 0.6 is 11.6 Å². The molecule has 0 radical (unpaired) electrons. The number of rotatable bonds is 7. The number of nitrogens with zero attached hydrogens (tertiary/aromatic N) is 2. The number of pyridine rings is 1. The van der Waals surface area contributed by atoms with Crippen molar-refractivity contribution in [1.29, 1.82) is 0 Å². The van der Waals surface area contributed by atoms with Crippen LogP contribution < -0.4 is 0 Å². The molecular formula is C14H17ClN2O4. The number of ether oxygens (including phenoxy) is 2. The van der Waals surface area contributed by atoms with Gasteiger partial charge >= 0.3 is 5.97 Å². The minimum Gasteiger partial charge on any atom is -0.425 e. The number of hydrogen-bond acceptors (Lipinski definition) is 6. The summed E-state index contributed by atoms with van der Waals surface area (Å²) in [6.07, 6.45) is 1.07. The molecule has 0 bridgehead atoms. The molecule has 1 unspecified atom stereocenters. The molecule has 1 aromatic rings. The van der Waals surface area contributed by atoms with Crippen molar-refractivity contribution in [1.82, 2.24) is 9.88 Å². The predicted molar refractivity (Wildman–Crippen MR) is 76.1 cm³/mol. The molecule has 2 heterocycles. The minimum absolute atomic E-state index is 0.0872. The molecule has 1 aliphatic rings. The highest BCUT2D eigenvalue weighted by Gasteiger charge is 2.35. The zero-order valence-electron chi connectivity index (χ0n) is 11.7. The van der Waals surface area contributed by atoms with Gasteiger partial charge in [0.15, 0.2) is 5.03 Å². The Kier molecular flexibility index (Phi) is 5.55. The molecule has 0 spiro atoms. The van der Waals surface area contributed by atoms with Gasteiger partial charge in [-0.1, -0.05) is 17.7 Å². The summed E-state index contributed by atoms with van der Waals surface area (Å²) in [4.78, 5) is 17.5. The number of cyclic esters (lactones) is 1. The smallest absolute Gasteiger partial charge is 0.354 e. The Hall–Kier alpha value is -1.63. The first kappa shape index (κ1) is 15.8. The van der Waals surface area contributed by atoms with Crippen molar-refractivity contribution in [3.63, 3.8) is 0 Å². The number of aliphatic hydroxyl groups is 1. The summed E-state index contributed by atoms with van der Waals surface area (Å²) in [6, 6.07) is 5.56. The van der Waals surface area contributed by atoms with Crippen molar-refractivity contribution in [2.45, 2.75) is 19.3 Å². The zero-order chi connectivity index (χ0) is 15.2. The Morgan fingerprint density at radius 3 is 2.90 bits per heavy atom. The highest BCUT2D eigenvalue weighted by molar-refractivity contribution is 6.42. The molecule has 1 aliphatic heterocycles. The number of aliphatic hydroxyl groups excluding tert-OH is 1. The third kappa shape index (κ3) is 3.93. The van der Waals surface area contributed by atoms with Crippen molar-refractivity contribution in [2.75, 3.05) is 20.3 Å². The van der Waals surface area contributed by atoms with Gasteiger partial charge in [0.1, 0.15) is 5.70 Å². The van der Waals surface area contributed by atoms with Crippen molar-refractivity contribution < 1.29 is 19.4 Å². The quantitative estimate of drug-likeness (QED) is 0.603. The third-order valence-electron chi connectivity index (χ3n) is 3.05. The Morgan fingerprint density at radius 1 is 1.52 bits per heavy atom. The Balaban J connectivity index is 2.17. The second-order valence-corrected chi connectivity index (χ2v) is 4.92. The maximum Gasteiger partial charge on any atom is 0.354 e. The van der Waals surface area contributed by atoms with E-state index in [0.717, 1.165) is 12.1 Å². The Bertz CT molecular complexity index is 521. The highest BCUT2D eigenvalue weighted by atomic mass is 35.5. The summed E-state index contributed by atoms with van der Waals surface area (Å²) in [5, 5.41) is 9.77. The van der Waals surface area contributed by atoms with Gasteiger partial charge < -0.3 is 19.5 Å². The zero-order valence-corrected chi connectivity index (χ0v) is 12.4. The summed E-state index contributed by atoms with van der Waals surface area (Å²) < 4.78 is 9.76. The van der Waals surface area contributed by atoms with Crippen LogP contribution in [0.1, 0.15) is 12.1 Å². The molecule has 6 nitrogen and oxygen atoms in total. The molecule has 0 aliphatic carbocycles. The minimum atomic E-state index is -1.34. The standard InChI is InChI=1S/C14H17ClN2O4/c1-20-8-4-7-17(9-10-5-2-3-6-16-10)12-11(15)13(18)21-14(12)19/h2-3,5-6,14,19H,4,7-9H2,1H3. The molecular weight excluding hydrogens is 296 g/mol. The second kappa shape index (κ2) is 7.40. The third-order valence-corrected chi connectivity index (χ3v) is 3.40. The van der Waals surface area contributed by atoms with Gasteiger partial charge in [0.25, 0.3) is 0 Å². The number of carbonyl (C=O) groups excluding carboxylic acids is 1. The summed E-state index contributed by atoms with van der Waals surface area (Å²) in [5.41, 5.74) is 1.09. The van der Waals surface area contributed by atoms with E-state index in [0.29, 0.717) is 19.7 Å². The first-order chi connectivity index (χ1) is 10.1. The normalized spacial score (nSPS) is 18.0. The van der Waals surface area contributed by atoms with E-state index in [-0.39, 0.29) is 10.7 Å². The lowest BCUT2D eigenvalue weighted by atomic mass is 10.2. The van der Waals surface area contributed by atoms with Crippen LogP contribution in [0.3, 0.4) is 0 Å². The molecule has 1 N–H and O–H groups in total. The lowest BCUT2D eigenvalue weighted by molar-refractivity contribution is -0.152. The number of aromatic nitrogens is 1. The predicted octanol–water partition coefficient (Wildman–Crippen LogP) is 1.25. The molecule has 7 heteroatoms. The van der Waals surface area contributed by atoms with Crippen molar-refractivity contribution >= 4 is 17.6 Å². The van der Waals surface area contributed by atoms with Crippen LogP contribution in [-0.4, -0.2) is 47.5 Å². The molecule has 0 saturated carbocycles. The van der Waals surface area contributed by atoms with Gasteiger partial charge in [-0.3, -0.25) is 4.98 Å². The lowest BCUT2D eigenvalue weighted by Gasteiger charge is -2.26. The van der Waals surface area contributed by atoms with Crippen molar-refractivity contribution in [2.24, 2.45) is 0 Å². The van der Waals surface area contributed by atoms with Gasteiger partial charge in [-0.25, -0.2) is 4.79 Å². The second-order valence-electron chi connectivity index (χ2n) is 4.55. The van der Waals surface area contributed by atoms with E-state index in [4.69, 9.17) is 21.1 Å². The fourth-order valence-corrected chi connectivity index (χ4v) is 2.35. The van der Waals surface area contributed by atoms with E-state index >= 15 is 0 Å². The van der Waals surface area contributed by atoms with Crippen molar-refractivity contribution in [3.05, 3.63) is 40.8 Å². The fraction of sp³-hybridized carbons (Fsp3) is 0.429. The lowest BCUT2D eigenvalue weighted by Crippen LogP contribution is -2.30. The van der Waals surface area contributed by atoms with E-state index in [9.17, 15) is 9.90 Å². The number of carbonyl (C=O) groups is 1. The van der Waals surface area contributed by atoms with Gasteiger partial charge in [0, 0.05) is 26.5 Å². The first-order valence-corrected chi connectivity index (χ1v) is 6.93. The topological polar surface area (TPSA) is 71.9 Å². The maximum atomic E-state index is 11.4. The van der Waals surface area contributed by atoms with Gasteiger partial charge in [0.05, 0.1) is 12.2 Å². The van der Waals surface area contributed by atoms with Crippen LogP contribution in [0.2, 0.25) is 0 Å². The summed E-state index contributed by atoms with van der Waals surface area (Å²) in [6.45, 7) is 1.54. The van der Waals surface area contributed by atoms with E-state index < -0.39 is 12.3 Å². The van der Waals surface area contributed by atoms with Crippen molar-refractivity contribution in [3.8, 4) is 0 Å². The van der Waals surface area contributed by atoms with E-state index in [1.807, 2.05) is 18.2 Å². The Morgan fingerprint density at radius 2 is 2.33 bits per heavy atom. The first-order valence-electron chi connectivity index (χ1n) is 6.56. The summed E-state index contributed by atoms with van der Waals surface area (Å²) >= 11 is 5.95. The summed E-state index contributed by atoms with van der Waals surface area (Å²) in [5.74, 6) is -0.711. The average Bonchev–Trinajstić information content (AvgIpc) is 2.73. The van der Waals surface area contributed by atoms with Crippen LogP contribution in [-0.2, 0) is 20.8 Å². The number of hydrogen-bond donors (Lipinski definition) is 1. The molecule has 0 amide bonds. The molecule has 1 aromatic heterocycles. The van der Waals surface area contributed by atoms with Crippen LogP contribution in [0.5, 0.6) is 0 Å². The van der Waals surface area contributed by atoms with E-state index in [2.05, 4.69) is 4.98 Å². The van der Waals surface area contributed by atoms with Gasteiger partial charge in [-0.2, -0.15) is 0 Å². The number of esters is 1. The maximum absolute atomic E-state index is 11.4. The van der Waals surface area contributed by atoms with Crippen LogP contribution in [0.4, 0.5) is 0 Å². The van der Waals surface area contributed by atoms with E-state index in [1.54, 1.807) is 18.2 Å².